The molecule has 1 aromatic heterocycles. The van der Waals surface area contributed by atoms with Crippen molar-refractivity contribution in [3.05, 3.63) is 0 Å². The molecule has 1 heterocycles. The van der Waals surface area contributed by atoms with Gasteiger partial charge in [-0.25, -0.2) is 5.84 Å². The quantitative estimate of drug-likeness (QED) is 0.369. The lowest BCUT2D eigenvalue weighted by Gasteiger charge is -2.04. The third-order valence-electron chi connectivity index (χ3n) is 1.31. The van der Waals surface area contributed by atoms with E-state index in [0.717, 1.165) is 13.0 Å². The molecule has 0 spiro atoms. The third-order valence-corrected chi connectivity index (χ3v) is 1.31. The largest absolute Gasteiger partial charge is 0.368 e. The zero-order valence-electron chi connectivity index (χ0n) is 7.41. The molecular weight excluding hydrogens is 170 g/mol. The summed E-state index contributed by atoms with van der Waals surface area (Å²) in [5.74, 6) is 5.96. The number of anilines is 3. The van der Waals surface area contributed by atoms with Crippen molar-refractivity contribution in [3.8, 4) is 0 Å². The summed E-state index contributed by atoms with van der Waals surface area (Å²) in [7, 11) is 0. The Morgan fingerprint density at radius 2 is 1.92 bits per heavy atom. The summed E-state index contributed by atoms with van der Waals surface area (Å²) in [5.41, 5.74) is 7.71. The van der Waals surface area contributed by atoms with Gasteiger partial charge >= 0.3 is 0 Å². The van der Waals surface area contributed by atoms with E-state index in [-0.39, 0.29) is 11.9 Å². The van der Waals surface area contributed by atoms with Crippen LogP contribution in [-0.4, -0.2) is 21.5 Å². The van der Waals surface area contributed by atoms with Crippen LogP contribution in [0.5, 0.6) is 0 Å². The molecule has 0 atom stereocenters. The first-order valence-electron chi connectivity index (χ1n) is 3.98. The number of nitrogens with zero attached hydrogens (tertiary/aromatic N) is 3. The fourth-order valence-corrected chi connectivity index (χ4v) is 0.773. The summed E-state index contributed by atoms with van der Waals surface area (Å²) in [6, 6.07) is 0. The lowest BCUT2D eigenvalue weighted by Crippen LogP contribution is -2.15. The highest BCUT2D eigenvalue weighted by atomic mass is 15.3. The summed E-state index contributed by atoms with van der Waals surface area (Å²) < 4.78 is 0. The molecular formula is C6H13N7. The molecule has 0 amide bonds. The van der Waals surface area contributed by atoms with E-state index in [1.807, 2.05) is 6.92 Å². The van der Waals surface area contributed by atoms with Gasteiger partial charge in [-0.2, -0.15) is 15.0 Å². The van der Waals surface area contributed by atoms with Gasteiger partial charge < -0.3 is 11.1 Å². The highest BCUT2D eigenvalue weighted by Gasteiger charge is 2.00. The molecule has 0 bridgehead atoms. The topological polar surface area (TPSA) is 115 Å². The van der Waals surface area contributed by atoms with E-state index in [4.69, 9.17) is 11.6 Å². The zero-order chi connectivity index (χ0) is 9.68. The van der Waals surface area contributed by atoms with Crippen LogP contribution in [0.15, 0.2) is 0 Å². The molecule has 7 nitrogen and oxygen atoms in total. The first-order valence-corrected chi connectivity index (χ1v) is 3.98. The number of nitrogens with one attached hydrogen (secondary N) is 2. The Kier molecular flexibility index (Phi) is 3.21. The fourth-order valence-electron chi connectivity index (χ4n) is 0.773. The second-order valence-corrected chi connectivity index (χ2v) is 2.41. The van der Waals surface area contributed by atoms with Gasteiger partial charge in [0.1, 0.15) is 0 Å². The molecule has 0 aromatic carbocycles. The van der Waals surface area contributed by atoms with Crippen molar-refractivity contribution in [2.45, 2.75) is 13.3 Å². The average molecular weight is 183 g/mol. The Hall–Kier alpha value is -1.63. The van der Waals surface area contributed by atoms with Crippen LogP contribution in [0.2, 0.25) is 0 Å². The van der Waals surface area contributed by atoms with Gasteiger partial charge in [0.05, 0.1) is 0 Å². The Bertz CT molecular complexity index is 274. The first-order chi connectivity index (χ1) is 6.26. The molecule has 0 aliphatic heterocycles. The van der Waals surface area contributed by atoms with E-state index in [0.29, 0.717) is 5.95 Å². The number of rotatable bonds is 4. The molecule has 1 rings (SSSR count). The summed E-state index contributed by atoms with van der Waals surface area (Å²) in [5, 5.41) is 2.97. The number of nitrogens with two attached hydrogens (primary N) is 2. The predicted octanol–water partition coefficient (Wildman–Crippen LogP) is -0.439. The van der Waals surface area contributed by atoms with Crippen molar-refractivity contribution in [1.29, 1.82) is 0 Å². The van der Waals surface area contributed by atoms with E-state index < -0.39 is 0 Å². The fraction of sp³-hybridized carbons (Fsp3) is 0.500. The molecule has 0 fully saturated rings. The van der Waals surface area contributed by atoms with Crippen LogP contribution >= 0.6 is 0 Å². The maximum absolute atomic E-state index is 5.41. The average Bonchev–Trinajstić information content (AvgIpc) is 2.14. The van der Waals surface area contributed by atoms with Crippen LogP contribution in [0.1, 0.15) is 13.3 Å². The predicted molar refractivity (Wildman–Crippen MR) is 50.8 cm³/mol. The van der Waals surface area contributed by atoms with E-state index in [2.05, 4.69) is 25.7 Å². The number of hydrogen-bond donors (Lipinski definition) is 4. The minimum atomic E-state index is 0.140. The minimum absolute atomic E-state index is 0.140. The summed E-state index contributed by atoms with van der Waals surface area (Å²) >= 11 is 0. The van der Waals surface area contributed by atoms with Crippen molar-refractivity contribution < 1.29 is 0 Å². The van der Waals surface area contributed by atoms with Crippen molar-refractivity contribution in [2.75, 3.05) is 23.0 Å². The molecule has 0 saturated heterocycles. The van der Waals surface area contributed by atoms with Gasteiger partial charge in [0, 0.05) is 6.54 Å². The van der Waals surface area contributed by atoms with Gasteiger partial charge in [0.2, 0.25) is 17.8 Å². The van der Waals surface area contributed by atoms with Crippen molar-refractivity contribution in [2.24, 2.45) is 5.84 Å². The van der Waals surface area contributed by atoms with Crippen LogP contribution in [0.4, 0.5) is 17.8 Å². The SMILES string of the molecule is CCCNc1nc(N)nc(NN)n1. The van der Waals surface area contributed by atoms with E-state index >= 15 is 0 Å². The molecule has 0 saturated carbocycles. The van der Waals surface area contributed by atoms with Crippen molar-refractivity contribution >= 4 is 17.8 Å². The van der Waals surface area contributed by atoms with Gasteiger partial charge in [-0.3, -0.25) is 5.43 Å². The number of hydrogen-bond acceptors (Lipinski definition) is 7. The molecule has 0 radical (unpaired) electrons. The van der Waals surface area contributed by atoms with E-state index in [1.165, 1.54) is 0 Å². The molecule has 72 valence electrons. The Morgan fingerprint density at radius 1 is 1.23 bits per heavy atom. The van der Waals surface area contributed by atoms with Crippen LogP contribution < -0.4 is 22.3 Å². The number of nitrogen functional groups attached to an aromatic ring is 2. The van der Waals surface area contributed by atoms with E-state index in [1.54, 1.807) is 0 Å². The first kappa shape index (κ1) is 9.46. The van der Waals surface area contributed by atoms with Crippen LogP contribution in [-0.2, 0) is 0 Å². The highest BCUT2D eigenvalue weighted by molar-refractivity contribution is 5.38. The van der Waals surface area contributed by atoms with E-state index in [9.17, 15) is 0 Å². The molecule has 13 heavy (non-hydrogen) atoms. The lowest BCUT2D eigenvalue weighted by molar-refractivity contribution is 0.940. The number of aromatic nitrogens is 3. The second kappa shape index (κ2) is 4.41. The highest BCUT2D eigenvalue weighted by Crippen LogP contribution is 2.04. The van der Waals surface area contributed by atoms with Crippen LogP contribution in [0.25, 0.3) is 0 Å². The van der Waals surface area contributed by atoms with Crippen LogP contribution in [0.3, 0.4) is 0 Å². The van der Waals surface area contributed by atoms with Crippen LogP contribution in [0, 0.1) is 0 Å². The molecule has 7 heteroatoms. The normalized spacial score (nSPS) is 9.69. The standard InChI is InChI=1S/C6H13N7/c1-2-3-9-5-10-4(7)11-6(12-5)13-8/h2-3,8H2,1H3,(H4,7,9,10,11,12,13). The number of hydrazine groups is 1. The maximum Gasteiger partial charge on any atom is 0.243 e. The molecule has 0 aliphatic carbocycles. The van der Waals surface area contributed by atoms with Gasteiger partial charge in [0.25, 0.3) is 0 Å². The molecule has 0 unspecified atom stereocenters. The van der Waals surface area contributed by atoms with Gasteiger partial charge in [-0.1, -0.05) is 6.92 Å². The minimum Gasteiger partial charge on any atom is -0.368 e. The molecule has 0 aliphatic rings. The lowest BCUT2D eigenvalue weighted by atomic mass is 10.5. The summed E-state index contributed by atoms with van der Waals surface area (Å²) in [6.07, 6.45) is 0.983. The molecule has 1 aromatic rings. The summed E-state index contributed by atoms with van der Waals surface area (Å²) in [4.78, 5) is 11.5. The Balaban J connectivity index is 2.76. The summed E-state index contributed by atoms with van der Waals surface area (Å²) in [6.45, 7) is 2.83. The second-order valence-electron chi connectivity index (χ2n) is 2.41. The monoisotopic (exact) mass is 183 g/mol. The van der Waals surface area contributed by atoms with Crippen molar-refractivity contribution in [1.82, 2.24) is 15.0 Å². The smallest absolute Gasteiger partial charge is 0.243 e. The Morgan fingerprint density at radius 3 is 2.54 bits per heavy atom. The molecule has 6 N–H and O–H groups in total. The van der Waals surface area contributed by atoms with Gasteiger partial charge in [-0.15, -0.1) is 0 Å². The van der Waals surface area contributed by atoms with Gasteiger partial charge in [-0.05, 0) is 6.42 Å². The Labute approximate surface area is 75.9 Å². The zero-order valence-corrected chi connectivity index (χ0v) is 7.41. The maximum atomic E-state index is 5.41. The third kappa shape index (κ3) is 2.71. The van der Waals surface area contributed by atoms with Crippen molar-refractivity contribution in [3.63, 3.8) is 0 Å². The van der Waals surface area contributed by atoms with Gasteiger partial charge in [0.15, 0.2) is 0 Å².